The smallest absolute Gasteiger partial charge is 0.253 e. The number of hydrogen-bond donors (Lipinski definition) is 1. The molecule has 0 saturated heterocycles. The fraction of sp³-hybridized carbons (Fsp3) is 0.562. The van der Waals surface area contributed by atoms with Gasteiger partial charge in [0.2, 0.25) is 0 Å². The van der Waals surface area contributed by atoms with E-state index in [1.807, 2.05) is 6.07 Å². The first-order valence-electron chi connectivity index (χ1n) is 7.27. The highest BCUT2D eigenvalue weighted by Crippen LogP contribution is 2.25. The number of unbranched alkanes of at least 4 members (excludes halogenated alkanes) is 1. The molecule has 1 rings (SSSR count). The summed E-state index contributed by atoms with van der Waals surface area (Å²) in [6.45, 7) is 4.35. The van der Waals surface area contributed by atoms with Gasteiger partial charge in [-0.2, -0.15) is 0 Å². The molecule has 3 nitrogen and oxygen atoms in total. The van der Waals surface area contributed by atoms with Crippen molar-refractivity contribution in [1.82, 2.24) is 4.90 Å². The molecule has 0 aromatic heterocycles. The van der Waals surface area contributed by atoms with Gasteiger partial charge < -0.3 is 10.2 Å². The van der Waals surface area contributed by atoms with E-state index in [2.05, 4.69) is 19.2 Å². The maximum Gasteiger partial charge on any atom is 0.253 e. The van der Waals surface area contributed by atoms with Gasteiger partial charge in [-0.15, -0.1) is 0 Å². The van der Waals surface area contributed by atoms with E-state index in [-0.39, 0.29) is 5.91 Å². The molecule has 112 valence electrons. The topological polar surface area (TPSA) is 32.3 Å². The Balaban J connectivity index is 2.88. The summed E-state index contributed by atoms with van der Waals surface area (Å²) >= 11 is 6.23. The van der Waals surface area contributed by atoms with Crippen LogP contribution >= 0.6 is 11.6 Å². The van der Waals surface area contributed by atoms with Gasteiger partial charge in [0.1, 0.15) is 0 Å². The lowest BCUT2D eigenvalue weighted by atomic mass is 10.1. The van der Waals surface area contributed by atoms with Crippen molar-refractivity contribution in [2.75, 3.05) is 19.4 Å². The SMILES string of the molecule is CCCCC(CC)Nc1cc(C(=O)N(C)C)ccc1Cl. The van der Waals surface area contributed by atoms with Crippen molar-refractivity contribution in [3.8, 4) is 0 Å². The highest BCUT2D eigenvalue weighted by Gasteiger charge is 2.13. The van der Waals surface area contributed by atoms with Crippen LogP contribution in [0.2, 0.25) is 5.02 Å². The van der Waals surface area contributed by atoms with Gasteiger partial charge in [0, 0.05) is 25.7 Å². The van der Waals surface area contributed by atoms with Gasteiger partial charge in [0.15, 0.2) is 0 Å². The Morgan fingerprint density at radius 2 is 2.05 bits per heavy atom. The zero-order chi connectivity index (χ0) is 15.1. The number of nitrogens with zero attached hydrogens (tertiary/aromatic N) is 1. The molecule has 0 aliphatic carbocycles. The molecule has 4 heteroatoms. The summed E-state index contributed by atoms with van der Waals surface area (Å²) in [6, 6.07) is 5.80. The summed E-state index contributed by atoms with van der Waals surface area (Å²) in [5, 5.41) is 4.13. The Bertz CT molecular complexity index is 446. The summed E-state index contributed by atoms with van der Waals surface area (Å²) in [6.07, 6.45) is 4.54. The number of rotatable bonds is 7. The van der Waals surface area contributed by atoms with Crippen LogP contribution in [0.3, 0.4) is 0 Å². The summed E-state index contributed by atoms with van der Waals surface area (Å²) in [5.41, 5.74) is 1.51. The molecule has 0 spiro atoms. The number of hydrogen-bond acceptors (Lipinski definition) is 2. The summed E-state index contributed by atoms with van der Waals surface area (Å²) < 4.78 is 0. The van der Waals surface area contributed by atoms with Crippen LogP contribution in [0.15, 0.2) is 18.2 Å². The monoisotopic (exact) mass is 296 g/mol. The number of carbonyl (C=O) groups is 1. The number of benzene rings is 1. The molecule has 1 aromatic rings. The number of nitrogens with one attached hydrogen (secondary N) is 1. The maximum atomic E-state index is 12.0. The molecule has 1 unspecified atom stereocenters. The molecule has 0 heterocycles. The number of carbonyl (C=O) groups excluding carboxylic acids is 1. The van der Waals surface area contributed by atoms with Crippen LogP contribution in [0.25, 0.3) is 0 Å². The van der Waals surface area contributed by atoms with E-state index in [4.69, 9.17) is 11.6 Å². The van der Waals surface area contributed by atoms with Crippen molar-refractivity contribution in [1.29, 1.82) is 0 Å². The fourth-order valence-corrected chi connectivity index (χ4v) is 2.25. The van der Waals surface area contributed by atoms with Crippen LogP contribution in [0.4, 0.5) is 5.69 Å². The Morgan fingerprint density at radius 1 is 1.35 bits per heavy atom. The van der Waals surface area contributed by atoms with Crippen LogP contribution in [0.1, 0.15) is 49.9 Å². The minimum absolute atomic E-state index is 0.00803. The van der Waals surface area contributed by atoms with E-state index < -0.39 is 0 Å². The van der Waals surface area contributed by atoms with Gasteiger partial charge in [-0.25, -0.2) is 0 Å². The lowest BCUT2D eigenvalue weighted by Gasteiger charge is -2.20. The summed E-state index contributed by atoms with van der Waals surface area (Å²) in [4.78, 5) is 13.6. The van der Waals surface area contributed by atoms with Crippen molar-refractivity contribution in [2.24, 2.45) is 0 Å². The van der Waals surface area contributed by atoms with Gasteiger partial charge >= 0.3 is 0 Å². The van der Waals surface area contributed by atoms with E-state index in [1.165, 1.54) is 12.8 Å². The van der Waals surface area contributed by atoms with Crippen molar-refractivity contribution in [3.05, 3.63) is 28.8 Å². The average Bonchev–Trinajstić information content (AvgIpc) is 2.44. The molecule has 1 atom stereocenters. The molecule has 20 heavy (non-hydrogen) atoms. The van der Waals surface area contributed by atoms with Crippen molar-refractivity contribution < 1.29 is 4.79 Å². The van der Waals surface area contributed by atoms with E-state index in [9.17, 15) is 4.79 Å². The van der Waals surface area contributed by atoms with Crippen molar-refractivity contribution >= 4 is 23.2 Å². The molecular weight excluding hydrogens is 272 g/mol. The lowest BCUT2D eigenvalue weighted by molar-refractivity contribution is 0.0827. The number of amides is 1. The van der Waals surface area contributed by atoms with Gasteiger partial charge in [0.05, 0.1) is 10.7 Å². The zero-order valence-corrected chi connectivity index (χ0v) is 13.6. The standard InChI is InChI=1S/C16H25ClN2O/c1-5-7-8-13(6-2)18-15-11-12(9-10-14(15)17)16(20)19(3)4/h9-11,13,18H,5-8H2,1-4H3. The second-order valence-corrected chi connectivity index (χ2v) is 5.69. The quantitative estimate of drug-likeness (QED) is 0.807. The Labute approximate surface area is 127 Å². The van der Waals surface area contributed by atoms with Gasteiger partial charge in [-0.3, -0.25) is 4.79 Å². The molecule has 0 bridgehead atoms. The minimum atomic E-state index is -0.00803. The molecule has 0 aliphatic rings. The molecule has 0 aliphatic heterocycles. The molecule has 1 aromatic carbocycles. The normalized spacial score (nSPS) is 12.1. The van der Waals surface area contributed by atoms with E-state index in [0.717, 1.165) is 18.5 Å². The molecule has 0 radical (unpaired) electrons. The van der Waals surface area contributed by atoms with Gasteiger partial charge in [-0.05, 0) is 31.0 Å². The third-order valence-electron chi connectivity index (χ3n) is 3.38. The minimum Gasteiger partial charge on any atom is -0.381 e. The van der Waals surface area contributed by atoms with Crippen molar-refractivity contribution in [3.63, 3.8) is 0 Å². The molecule has 0 fully saturated rings. The highest BCUT2D eigenvalue weighted by molar-refractivity contribution is 6.33. The Kier molecular flexibility index (Phi) is 6.86. The van der Waals surface area contributed by atoms with Crippen LogP contribution in [-0.4, -0.2) is 30.9 Å². The first-order valence-corrected chi connectivity index (χ1v) is 7.65. The van der Waals surface area contributed by atoms with Crippen LogP contribution < -0.4 is 5.32 Å². The summed E-state index contributed by atoms with van der Waals surface area (Å²) in [5.74, 6) is -0.00803. The van der Waals surface area contributed by atoms with Gasteiger partial charge in [0.25, 0.3) is 5.91 Å². The van der Waals surface area contributed by atoms with Crippen LogP contribution in [-0.2, 0) is 0 Å². The second kappa shape index (κ2) is 8.15. The van der Waals surface area contributed by atoms with Crippen LogP contribution in [0.5, 0.6) is 0 Å². The predicted molar refractivity (Wildman–Crippen MR) is 86.7 cm³/mol. The molecule has 0 saturated carbocycles. The summed E-state index contributed by atoms with van der Waals surface area (Å²) in [7, 11) is 3.50. The van der Waals surface area contributed by atoms with E-state index >= 15 is 0 Å². The highest BCUT2D eigenvalue weighted by atomic mass is 35.5. The fourth-order valence-electron chi connectivity index (χ4n) is 2.08. The lowest BCUT2D eigenvalue weighted by Crippen LogP contribution is -2.22. The predicted octanol–water partition coefficient (Wildman–Crippen LogP) is 4.42. The van der Waals surface area contributed by atoms with Gasteiger partial charge in [-0.1, -0.05) is 38.3 Å². The maximum absolute atomic E-state index is 12.0. The zero-order valence-electron chi connectivity index (χ0n) is 12.9. The second-order valence-electron chi connectivity index (χ2n) is 5.29. The average molecular weight is 297 g/mol. The van der Waals surface area contributed by atoms with E-state index in [1.54, 1.807) is 31.1 Å². The Morgan fingerprint density at radius 3 is 2.60 bits per heavy atom. The first kappa shape index (κ1) is 16.8. The number of anilines is 1. The molecule has 1 amide bonds. The molecule has 1 N–H and O–H groups in total. The number of halogens is 1. The third kappa shape index (κ3) is 4.71. The largest absolute Gasteiger partial charge is 0.381 e. The van der Waals surface area contributed by atoms with Crippen LogP contribution in [0, 0.1) is 0 Å². The van der Waals surface area contributed by atoms with Crippen molar-refractivity contribution in [2.45, 2.75) is 45.6 Å². The Hall–Kier alpha value is -1.22. The van der Waals surface area contributed by atoms with E-state index in [0.29, 0.717) is 16.6 Å². The first-order chi connectivity index (χ1) is 9.49. The molecular formula is C16H25ClN2O. The third-order valence-corrected chi connectivity index (χ3v) is 3.71.